The van der Waals surface area contributed by atoms with Gasteiger partial charge in [0.25, 0.3) is 0 Å². The van der Waals surface area contributed by atoms with Crippen molar-refractivity contribution in [2.75, 3.05) is 13.2 Å². The smallest absolute Gasteiger partial charge is 0.306 e. The predicted octanol–water partition coefficient (Wildman–Crippen LogP) is 14.3. The lowest BCUT2D eigenvalue weighted by Gasteiger charge is -2.15. The Morgan fingerprint density at radius 1 is 0.434 bits per heavy atom. The second-order valence-electron chi connectivity index (χ2n) is 14.8. The van der Waals surface area contributed by atoms with Crippen LogP contribution in [0, 0.1) is 0 Å². The summed E-state index contributed by atoms with van der Waals surface area (Å²) in [5, 5.41) is 9.58. The van der Waals surface area contributed by atoms with E-state index in [-0.39, 0.29) is 25.2 Å². The van der Waals surface area contributed by atoms with Crippen LogP contribution in [0.4, 0.5) is 0 Å². The normalized spacial score (nSPS) is 12.7. The molecule has 53 heavy (non-hydrogen) atoms. The Morgan fingerprint density at radius 3 is 1.19 bits per heavy atom. The molecule has 0 radical (unpaired) electrons. The lowest BCUT2D eigenvalue weighted by molar-refractivity contribution is -0.161. The molecule has 5 heteroatoms. The molecule has 0 saturated carbocycles. The Kier molecular flexibility index (Phi) is 42.0. The molecule has 1 atom stereocenters. The summed E-state index contributed by atoms with van der Waals surface area (Å²) in [5.74, 6) is -0.612. The zero-order chi connectivity index (χ0) is 38.6. The summed E-state index contributed by atoms with van der Waals surface area (Å²) >= 11 is 0. The third kappa shape index (κ3) is 42.2. The van der Waals surface area contributed by atoms with E-state index in [1.54, 1.807) is 0 Å². The molecule has 0 aromatic heterocycles. The number of carbonyl (C=O) groups is 2. The Bertz CT molecular complexity index is 930. The fourth-order valence-electron chi connectivity index (χ4n) is 6.11. The van der Waals surface area contributed by atoms with Crippen LogP contribution in [0.3, 0.4) is 0 Å². The number of hydrogen-bond donors (Lipinski definition) is 1. The van der Waals surface area contributed by atoms with Crippen LogP contribution in [-0.4, -0.2) is 36.4 Å². The third-order valence-electron chi connectivity index (χ3n) is 9.53. The van der Waals surface area contributed by atoms with E-state index in [2.05, 4.69) is 74.6 Å². The van der Waals surface area contributed by atoms with Gasteiger partial charge < -0.3 is 14.6 Å². The van der Waals surface area contributed by atoms with Crippen LogP contribution in [0.1, 0.15) is 213 Å². The largest absolute Gasteiger partial charge is 0.462 e. The summed E-state index contributed by atoms with van der Waals surface area (Å²) < 4.78 is 10.6. The Morgan fingerprint density at radius 2 is 0.774 bits per heavy atom. The van der Waals surface area contributed by atoms with E-state index in [0.29, 0.717) is 12.8 Å². The molecule has 0 aliphatic rings. The van der Waals surface area contributed by atoms with Crippen LogP contribution in [0.2, 0.25) is 0 Å². The van der Waals surface area contributed by atoms with E-state index in [1.807, 2.05) is 0 Å². The summed E-state index contributed by atoms with van der Waals surface area (Å²) in [4.78, 5) is 24.3. The van der Waals surface area contributed by atoms with Crippen molar-refractivity contribution >= 4 is 11.9 Å². The van der Waals surface area contributed by atoms with Gasteiger partial charge in [-0.15, -0.1) is 0 Å². The van der Waals surface area contributed by atoms with Crippen LogP contribution in [0.25, 0.3) is 0 Å². The lowest BCUT2D eigenvalue weighted by atomic mass is 10.0. The number of aliphatic hydroxyl groups is 1. The van der Waals surface area contributed by atoms with Crippen molar-refractivity contribution in [1.82, 2.24) is 0 Å². The van der Waals surface area contributed by atoms with Crippen molar-refractivity contribution in [1.29, 1.82) is 0 Å². The van der Waals surface area contributed by atoms with Crippen molar-refractivity contribution in [3.8, 4) is 0 Å². The topological polar surface area (TPSA) is 72.8 Å². The molecule has 0 aromatic carbocycles. The second kappa shape index (κ2) is 44.0. The molecule has 0 fully saturated rings. The number of esters is 2. The highest BCUT2D eigenvalue weighted by Crippen LogP contribution is 2.14. The maximum Gasteiger partial charge on any atom is 0.306 e. The van der Waals surface area contributed by atoms with E-state index in [9.17, 15) is 14.7 Å². The SMILES string of the molecule is CCCC/C=C\C/C=C\CCCCCCCC(=O)OCC(CO)OC(=O)CCCCCCCCCCCC/C=C\C/C=C\C/C=C\CCCCCCC. The molecule has 0 aromatic rings. The fourth-order valence-corrected chi connectivity index (χ4v) is 6.11. The number of unbranched alkanes of at least 4 members (excludes halogenated alkanes) is 22. The highest BCUT2D eigenvalue weighted by Gasteiger charge is 2.16. The summed E-state index contributed by atoms with van der Waals surface area (Å²) in [7, 11) is 0. The summed E-state index contributed by atoms with van der Waals surface area (Å²) in [6.45, 7) is 4.07. The van der Waals surface area contributed by atoms with Gasteiger partial charge in [-0.05, 0) is 77.0 Å². The summed E-state index contributed by atoms with van der Waals surface area (Å²) in [5.41, 5.74) is 0. The van der Waals surface area contributed by atoms with Crippen LogP contribution in [0.15, 0.2) is 60.8 Å². The lowest BCUT2D eigenvalue weighted by Crippen LogP contribution is -2.28. The van der Waals surface area contributed by atoms with Crippen LogP contribution in [-0.2, 0) is 19.1 Å². The number of carbonyl (C=O) groups excluding carboxylic acids is 2. The maximum absolute atomic E-state index is 12.2. The number of rotatable bonds is 40. The van der Waals surface area contributed by atoms with Crippen molar-refractivity contribution in [3.63, 3.8) is 0 Å². The van der Waals surface area contributed by atoms with Gasteiger partial charge in [-0.2, -0.15) is 0 Å². The van der Waals surface area contributed by atoms with Crippen molar-refractivity contribution in [3.05, 3.63) is 60.8 Å². The maximum atomic E-state index is 12.2. The van der Waals surface area contributed by atoms with Gasteiger partial charge in [-0.25, -0.2) is 0 Å². The number of aliphatic hydroxyl groups excluding tert-OH is 1. The van der Waals surface area contributed by atoms with Gasteiger partial charge in [0.1, 0.15) is 6.61 Å². The van der Waals surface area contributed by atoms with Gasteiger partial charge in [-0.1, -0.05) is 184 Å². The molecule has 1 N–H and O–H groups in total. The first kappa shape index (κ1) is 50.6. The molecule has 0 saturated heterocycles. The average Bonchev–Trinajstić information content (AvgIpc) is 3.16. The third-order valence-corrected chi connectivity index (χ3v) is 9.53. The zero-order valence-corrected chi connectivity index (χ0v) is 34.8. The molecule has 0 spiro atoms. The molecule has 0 rings (SSSR count). The van der Waals surface area contributed by atoms with Gasteiger partial charge in [0.15, 0.2) is 6.10 Å². The predicted molar refractivity (Wildman–Crippen MR) is 228 cm³/mol. The van der Waals surface area contributed by atoms with Crippen molar-refractivity contribution in [2.45, 2.75) is 219 Å². The zero-order valence-electron chi connectivity index (χ0n) is 34.8. The Hall–Kier alpha value is -2.40. The van der Waals surface area contributed by atoms with E-state index in [4.69, 9.17) is 9.47 Å². The standard InChI is InChI=1S/C48H84O5/c1-3-5-7-9-11-13-15-17-19-20-21-22-23-24-25-26-27-28-29-31-33-35-37-39-41-43-48(51)53-46(44-49)45-52-47(50)42-40-38-36-34-32-30-18-16-14-12-10-8-6-4-2/h10,12,15-18,20-21,23-24,46,49H,3-9,11,13-14,19,22,25-45H2,1-2H3/b12-10-,17-15-,18-16-,21-20-,24-23-. The van der Waals surface area contributed by atoms with Gasteiger partial charge in [-0.3, -0.25) is 9.59 Å². The highest BCUT2D eigenvalue weighted by molar-refractivity contribution is 5.70. The molecular formula is C48H84O5. The van der Waals surface area contributed by atoms with Crippen LogP contribution >= 0.6 is 0 Å². The van der Waals surface area contributed by atoms with Gasteiger partial charge in [0, 0.05) is 12.8 Å². The molecule has 1 unspecified atom stereocenters. The number of hydrogen-bond acceptors (Lipinski definition) is 5. The minimum absolute atomic E-state index is 0.0762. The Labute approximate surface area is 328 Å². The first-order valence-electron chi connectivity index (χ1n) is 22.3. The van der Waals surface area contributed by atoms with E-state index >= 15 is 0 Å². The summed E-state index contributed by atoms with van der Waals surface area (Å²) in [6.07, 6.45) is 57.2. The number of ether oxygens (including phenoxy) is 2. The first-order valence-corrected chi connectivity index (χ1v) is 22.3. The molecular weight excluding hydrogens is 657 g/mol. The Balaban J connectivity index is 3.55. The van der Waals surface area contributed by atoms with E-state index in [0.717, 1.165) is 64.2 Å². The monoisotopic (exact) mass is 741 g/mol. The molecule has 5 nitrogen and oxygen atoms in total. The molecule has 0 aliphatic carbocycles. The van der Waals surface area contributed by atoms with Crippen molar-refractivity contribution < 1.29 is 24.2 Å². The quantitative estimate of drug-likeness (QED) is 0.0385. The number of allylic oxidation sites excluding steroid dienone is 10. The molecule has 0 heterocycles. The molecule has 0 bridgehead atoms. The van der Waals surface area contributed by atoms with Crippen molar-refractivity contribution in [2.24, 2.45) is 0 Å². The van der Waals surface area contributed by atoms with E-state index in [1.165, 1.54) is 122 Å². The molecule has 306 valence electrons. The highest BCUT2D eigenvalue weighted by atomic mass is 16.6. The molecule has 0 amide bonds. The molecule has 0 aliphatic heterocycles. The minimum Gasteiger partial charge on any atom is -0.462 e. The second-order valence-corrected chi connectivity index (χ2v) is 14.8. The van der Waals surface area contributed by atoms with Crippen LogP contribution < -0.4 is 0 Å². The average molecular weight is 741 g/mol. The minimum atomic E-state index is -0.781. The summed E-state index contributed by atoms with van der Waals surface area (Å²) in [6, 6.07) is 0. The van der Waals surface area contributed by atoms with Crippen LogP contribution in [0.5, 0.6) is 0 Å². The van der Waals surface area contributed by atoms with E-state index < -0.39 is 6.10 Å². The van der Waals surface area contributed by atoms with Gasteiger partial charge in [0.2, 0.25) is 0 Å². The fraction of sp³-hybridized carbons (Fsp3) is 0.750. The first-order chi connectivity index (χ1) is 26.1. The van der Waals surface area contributed by atoms with Gasteiger partial charge >= 0.3 is 11.9 Å². The van der Waals surface area contributed by atoms with Gasteiger partial charge in [0.05, 0.1) is 6.61 Å².